The number of alkyl halides is 3. The summed E-state index contributed by atoms with van der Waals surface area (Å²) in [6.07, 6.45) is -3.31. The molecule has 0 bridgehead atoms. The van der Waals surface area contributed by atoms with Gasteiger partial charge in [0.1, 0.15) is 12.4 Å². The lowest BCUT2D eigenvalue weighted by Gasteiger charge is -2.13. The standard InChI is InChI=1S/C19H15ClF4N2O2/c20-13-1-4-17-15(8-13)11(9-26-17)5-6-25-18(27)28-10-12-7-14(21)2-3-16(12)19(22,23)24/h1-4,7-9,26H,5-6,10H2,(H,25,27). The summed E-state index contributed by atoms with van der Waals surface area (Å²) in [7, 11) is 0. The predicted molar refractivity (Wildman–Crippen MR) is 96.6 cm³/mol. The van der Waals surface area contributed by atoms with Gasteiger partial charge in [-0.05, 0) is 48.4 Å². The van der Waals surface area contributed by atoms with E-state index in [1.165, 1.54) is 0 Å². The Morgan fingerprint density at radius 1 is 1.14 bits per heavy atom. The summed E-state index contributed by atoms with van der Waals surface area (Å²) < 4.78 is 56.8. The highest BCUT2D eigenvalue weighted by atomic mass is 35.5. The van der Waals surface area contributed by atoms with Crippen molar-refractivity contribution < 1.29 is 27.1 Å². The third-order valence-corrected chi connectivity index (χ3v) is 4.36. The van der Waals surface area contributed by atoms with Crippen LogP contribution in [0.25, 0.3) is 10.9 Å². The second kappa shape index (κ2) is 8.10. The van der Waals surface area contributed by atoms with E-state index in [4.69, 9.17) is 16.3 Å². The number of fused-ring (bicyclic) bond motifs is 1. The molecule has 3 aromatic rings. The highest BCUT2D eigenvalue weighted by Crippen LogP contribution is 2.32. The van der Waals surface area contributed by atoms with Crippen LogP contribution in [0, 0.1) is 5.82 Å². The van der Waals surface area contributed by atoms with Crippen molar-refractivity contribution in [2.75, 3.05) is 6.54 Å². The molecule has 0 saturated heterocycles. The Balaban J connectivity index is 1.55. The van der Waals surface area contributed by atoms with Gasteiger partial charge in [0.2, 0.25) is 0 Å². The van der Waals surface area contributed by atoms with Crippen LogP contribution in [0.3, 0.4) is 0 Å². The maximum absolute atomic E-state index is 13.2. The molecule has 0 aliphatic rings. The van der Waals surface area contributed by atoms with Gasteiger partial charge in [0.15, 0.2) is 0 Å². The van der Waals surface area contributed by atoms with E-state index in [9.17, 15) is 22.4 Å². The number of rotatable bonds is 5. The Bertz CT molecular complexity index is 1000. The zero-order valence-electron chi connectivity index (χ0n) is 14.4. The first-order valence-electron chi connectivity index (χ1n) is 8.26. The molecule has 0 unspecified atom stereocenters. The minimum Gasteiger partial charge on any atom is -0.445 e. The van der Waals surface area contributed by atoms with Crippen LogP contribution in [-0.2, 0) is 23.9 Å². The van der Waals surface area contributed by atoms with Crippen LogP contribution in [0.1, 0.15) is 16.7 Å². The smallest absolute Gasteiger partial charge is 0.416 e. The van der Waals surface area contributed by atoms with Crippen molar-refractivity contribution in [2.24, 2.45) is 0 Å². The Morgan fingerprint density at radius 2 is 1.93 bits per heavy atom. The minimum atomic E-state index is -4.67. The molecule has 0 fully saturated rings. The number of alkyl carbamates (subject to hydrolysis) is 1. The summed E-state index contributed by atoms with van der Waals surface area (Å²) in [5, 5.41) is 3.95. The molecule has 2 aromatic carbocycles. The van der Waals surface area contributed by atoms with Crippen molar-refractivity contribution in [1.29, 1.82) is 0 Å². The van der Waals surface area contributed by atoms with Crippen molar-refractivity contribution >= 4 is 28.6 Å². The van der Waals surface area contributed by atoms with Crippen molar-refractivity contribution in [2.45, 2.75) is 19.2 Å². The Hall–Kier alpha value is -2.74. The molecule has 0 saturated carbocycles. The number of hydrogen-bond donors (Lipinski definition) is 2. The number of carbonyl (C=O) groups excluding carboxylic acids is 1. The van der Waals surface area contributed by atoms with Crippen molar-refractivity contribution in [3.63, 3.8) is 0 Å². The average Bonchev–Trinajstić information content (AvgIpc) is 3.01. The molecule has 0 aliphatic heterocycles. The van der Waals surface area contributed by atoms with Gasteiger partial charge in [-0.1, -0.05) is 11.6 Å². The molecular weight excluding hydrogens is 400 g/mol. The largest absolute Gasteiger partial charge is 0.445 e. The van der Waals surface area contributed by atoms with Crippen molar-refractivity contribution in [1.82, 2.24) is 10.3 Å². The summed E-state index contributed by atoms with van der Waals surface area (Å²) in [5.41, 5.74) is 0.321. The molecule has 9 heteroatoms. The summed E-state index contributed by atoms with van der Waals surface area (Å²) in [5.74, 6) is -0.843. The molecule has 0 atom stereocenters. The monoisotopic (exact) mass is 414 g/mol. The van der Waals surface area contributed by atoms with Crippen LogP contribution in [0.4, 0.5) is 22.4 Å². The summed E-state index contributed by atoms with van der Waals surface area (Å²) >= 11 is 5.98. The van der Waals surface area contributed by atoms with Crippen molar-refractivity contribution in [3.05, 3.63) is 70.1 Å². The second-order valence-electron chi connectivity index (χ2n) is 6.06. The lowest BCUT2D eigenvalue weighted by molar-refractivity contribution is -0.138. The van der Waals surface area contributed by atoms with Gasteiger partial charge in [-0.15, -0.1) is 0 Å². The number of amides is 1. The van der Waals surface area contributed by atoms with E-state index in [-0.39, 0.29) is 6.54 Å². The van der Waals surface area contributed by atoms with Crippen LogP contribution < -0.4 is 5.32 Å². The normalized spacial score (nSPS) is 11.6. The average molecular weight is 415 g/mol. The van der Waals surface area contributed by atoms with Gasteiger partial charge in [0.05, 0.1) is 5.56 Å². The quantitative estimate of drug-likeness (QED) is 0.545. The highest BCUT2D eigenvalue weighted by Gasteiger charge is 2.33. The number of H-pyrrole nitrogens is 1. The number of aromatic nitrogens is 1. The molecule has 28 heavy (non-hydrogen) atoms. The van der Waals surface area contributed by atoms with Gasteiger partial charge in [-0.3, -0.25) is 0 Å². The van der Waals surface area contributed by atoms with Crippen molar-refractivity contribution in [3.8, 4) is 0 Å². The van der Waals surface area contributed by atoms with Gasteiger partial charge in [-0.25, -0.2) is 9.18 Å². The Morgan fingerprint density at radius 3 is 2.68 bits per heavy atom. The first-order valence-corrected chi connectivity index (χ1v) is 8.63. The predicted octanol–water partition coefficient (Wildman–Crippen LogP) is 5.45. The second-order valence-corrected chi connectivity index (χ2v) is 6.49. The number of ether oxygens (including phenoxy) is 1. The van der Waals surface area contributed by atoms with Gasteiger partial charge in [0, 0.05) is 34.2 Å². The molecule has 1 aromatic heterocycles. The number of aromatic amines is 1. The summed E-state index contributed by atoms with van der Waals surface area (Å²) in [4.78, 5) is 14.9. The van der Waals surface area contributed by atoms with Gasteiger partial charge in [0.25, 0.3) is 0 Å². The topological polar surface area (TPSA) is 54.1 Å². The SMILES string of the molecule is O=C(NCCc1c[nH]c2ccc(Cl)cc12)OCc1cc(F)ccc1C(F)(F)F. The Kier molecular flexibility index (Phi) is 5.79. The lowest BCUT2D eigenvalue weighted by Crippen LogP contribution is -2.26. The molecule has 0 spiro atoms. The maximum atomic E-state index is 13.2. The molecule has 0 aliphatic carbocycles. The van der Waals surface area contributed by atoms with Crippen LogP contribution in [0.2, 0.25) is 5.02 Å². The number of nitrogens with one attached hydrogen (secondary N) is 2. The van der Waals surface area contributed by atoms with Crippen LogP contribution >= 0.6 is 11.6 Å². The number of halogens is 5. The molecule has 2 N–H and O–H groups in total. The van der Waals surface area contributed by atoms with E-state index in [0.717, 1.165) is 16.5 Å². The molecule has 3 rings (SSSR count). The molecule has 1 heterocycles. The van der Waals surface area contributed by atoms with E-state index in [1.807, 2.05) is 6.07 Å². The maximum Gasteiger partial charge on any atom is 0.416 e. The Labute approximate surface area is 162 Å². The van der Waals surface area contributed by atoms with E-state index >= 15 is 0 Å². The molecule has 1 amide bonds. The molecule has 4 nitrogen and oxygen atoms in total. The zero-order chi connectivity index (χ0) is 20.3. The third-order valence-electron chi connectivity index (χ3n) is 4.12. The molecule has 148 valence electrons. The van der Waals surface area contributed by atoms with E-state index in [2.05, 4.69) is 10.3 Å². The van der Waals surface area contributed by atoms with E-state index < -0.39 is 35.8 Å². The fourth-order valence-electron chi connectivity index (χ4n) is 2.81. The van der Waals surface area contributed by atoms with Gasteiger partial charge < -0.3 is 15.0 Å². The van der Waals surface area contributed by atoms with E-state index in [1.54, 1.807) is 18.3 Å². The lowest BCUT2D eigenvalue weighted by atomic mass is 10.1. The molecule has 0 radical (unpaired) electrons. The van der Waals surface area contributed by atoms with E-state index in [0.29, 0.717) is 29.6 Å². The van der Waals surface area contributed by atoms with Crippen LogP contribution in [0.15, 0.2) is 42.6 Å². The summed E-state index contributed by atoms with van der Waals surface area (Å²) in [6, 6.07) is 7.41. The fraction of sp³-hybridized carbons (Fsp3) is 0.211. The number of carbonyl (C=O) groups is 1. The van der Waals surface area contributed by atoms with Crippen LogP contribution in [-0.4, -0.2) is 17.6 Å². The first-order chi connectivity index (χ1) is 13.2. The molecular formula is C19H15ClF4N2O2. The number of hydrogen-bond acceptors (Lipinski definition) is 2. The third kappa shape index (κ3) is 4.75. The minimum absolute atomic E-state index is 0.202. The van der Waals surface area contributed by atoms with Gasteiger partial charge >= 0.3 is 12.3 Å². The van der Waals surface area contributed by atoms with Gasteiger partial charge in [-0.2, -0.15) is 13.2 Å². The number of benzene rings is 2. The fourth-order valence-corrected chi connectivity index (χ4v) is 2.98. The highest BCUT2D eigenvalue weighted by molar-refractivity contribution is 6.31. The summed E-state index contributed by atoms with van der Waals surface area (Å²) in [6.45, 7) is -0.491. The first kappa shape index (κ1) is 20.0. The van der Waals surface area contributed by atoms with Crippen LogP contribution in [0.5, 0.6) is 0 Å². The zero-order valence-corrected chi connectivity index (χ0v) is 15.1.